The van der Waals surface area contributed by atoms with Crippen molar-refractivity contribution in [3.8, 4) is 11.4 Å². The smallest absolute Gasteiger partial charge is 0.450 e. The van der Waals surface area contributed by atoms with Gasteiger partial charge in [-0.25, -0.2) is 13.8 Å². The van der Waals surface area contributed by atoms with Crippen molar-refractivity contribution in [3.05, 3.63) is 83.7 Å². The van der Waals surface area contributed by atoms with Crippen LogP contribution in [0.4, 0.5) is 27.6 Å². The molecule has 0 spiro atoms. The molecule has 0 aliphatic heterocycles. The summed E-state index contributed by atoms with van der Waals surface area (Å²) in [7, 11) is 1.42. The van der Waals surface area contributed by atoms with E-state index in [0.29, 0.717) is 11.4 Å². The predicted molar refractivity (Wildman–Crippen MR) is 104 cm³/mol. The number of hydrogen-bond acceptors (Lipinski definition) is 2. The standard InChI is InChI=1S/C22H16F5N3O/c1-31-15-9-10-20-19(11-15)29-21(22(25,26)27)30(20)14-7-5-13(6-8-14)28-12-16-17(23)3-2-4-18(16)24/h2-11,28H,12H2,1H3/p+1. The summed E-state index contributed by atoms with van der Waals surface area (Å²) in [4.78, 5) is 3.75. The Balaban J connectivity index is 1.67. The molecule has 0 bridgehead atoms. The number of ether oxygens (including phenoxy) is 1. The highest BCUT2D eigenvalue weighted by atomic mass is 19.4. The summed E-state index contributed by atoms with van der Waals surface area (Å²) < 4.78 is 74.5. The molecule has 1 aromatic heterocycles. The van der Waals surface area contributed by atoms with Gasteiger partial charge in [0, 0.05) is 23.9 Å². The topological polar surface area (TPSA) is 43.7 Å². The van der Waals surface area contributed by atoms with Gasteiger partial charge in [-0.05, 0) is 36.4 Å². The van der Waals surface area contributed by atoms with Crippen LogP contribution in [0.5, 0.6) is 5.75 Å². The Hall–Kier alpha value is -3.46. The number of nitrogens with two attached hydrogens (primary N) is 1. The van der Waals surface area contributed by atoms with Crippen LogP contribution >= 0.6 is 0 Å². The number of benzene rings is 3. The molecule has 4 rings (SSSR count). The van der Waals surface area contributed by atoms with Gasteiger partial charge in [0.15, 0.2) is 0 Å². The number of alkyl halides is 3. The summed E-state index contributed by atoms with van der Waals surface area (Å²) in [6, 6.07) is 14.3. The Kier molecular flexibility index (Phi) is 5.36. The first-order valence-electron chi connectivity index (χ1n) is 9.28. The highest BCUT2D eigenvalue weighted by Gasteiger charge is 2.38. The van der Waals surface area contributed by atoms with Crippen LogP contribution in [0.1, 0.15) is 11.4 Å². The number of quaternary nitrogens is 1. The van der Waals surface area contributed by atoms with Crippen molar-refractivity contribution in [2.24, 2.45) is 0 Å². The van der Waals surface area contributed by atoms with Crippen molar-refractivity contribution in [1.82, 2.24) is 9.55 Å². The predicted octanol–water partition coefficient (Wildman–Crippen LogP) is 4.73. The Morgan fingerprint density at radius 3 is 2.26 bits per heavy atom. The number of hydrogen-bond donors (Lipinski definition) is 1. The first-order valence-corrected chi connectivity index (χ1v) is 9.28. The largest absolute Gasteiger partial charge is 0.497 e. The molecule has 0 unspecified atom stereocenters. The Morgan fingerprint density at radius 2 is 1.65 bits per heavy atom. The Labute approximate surface area is 173 Å². The first kappa shape index (κ1) is 20.8. The minimum atomic E-state index is -4.67. The summed E-state index contributed by atoms with van der Waals surface area (Å²) in [6.07, 6.45) is -4.67. The number of nitrogens with zero attached hydrogens (tertiary/aromatic N) is 2. The van der Waals surface area contributed by atoms with Gasteiger partial charge in [-0.3, -0.25) is 4.57 Å². The number of imidazole rings is 1. The number of aromatic nitrogens is 2. The third-order valence-electron chi connectivity index (χ3n) is 4.87. The monoisotopic (exact) mass is 434 g/mol. The Morgan fingerprint density at radius 1 is 0.968 bits per heavy atom. The second-order valence-electron chi connectivity index (χ2n) is 6.82. The molecule has 0 aliphatic carbocycles. The Bertz CT molecular complexity index is 1210. The molecule has 0 saturated carbocycles. The van der Waals surface area contributed by atoms with Gasteiger partial charge >= 0.3 is 6.18 Å². The van der Waals surface area contributed by atoms with Crippen molar-refractivity contribution in [2.75, 3.05) is 7.11 Å². The zero-order valence-electron chi connectivity index (χ0n) is 16.3. The number of methoxy groups -OCH3 is 1. The SMILES string of the molecule is COc1ccc2c(c1)nc(C(F)(F)F)n2-c1ccc([NH2+]Cc2c(F)cccc2F)cc1. The fraction of sp³-hybridized carbons (Fsp3) is 0.136. The fourth-order valence-electron chi connectivity index (χ4n) is 3.35. The first-order chi connectivity index (χ1) is 14.8. The zero-order chi connectivity index (χ0) is 22.2. The summed E-state index contributed by atoms with van der Waals surface area (Å²) >= 11 is 0. The molecule has 0 atom stereocenters. The maximum absolute atomic E-state index is 13.8. The molecule has 0 fully saturated rings. The average molecular weight is 434 g/mol. The van der Waals surface area contributed by atoms with Crippen molar-refractivity contribution >= 4 is 16.7 Å². The minimum absolute atomic E-state index is 0.0133. The zero-order valence-corrected chi connectivity index (χ0v) is 16.3. The van der Waals surface area contributed by atoms with Crippen molar-refractivity contribution < 1.29 is 32.0 Å². The van der Waals surface area contributed by atoms with E-state index in [1.165, 1.54) is 49.6 Å². The lowest BCUT2D eigenvalue weighted by atomic mass is 10.2. The van der Waals surface area contributed by atoms with Gasteiger partial charge in [0.1, 0.15) is 29.6 Å². The van der Waals surface area contributed by atoms with Crippen LogP contribution in [0, 0.1) is 11.6 Å². The summed E-state index contributed by atoms with van der Waals surface area (Å²) in [5.41, 5.74) is 1.23. The van der Waals surface area contributed by atoms with Gasteiger partial charge in [0.05, 0.1) is 23.7 Å². The second-order valence-corrected chi connectivity index (χ2v) is 6.82. The highest BCUT2D eigenvalue weighted by Crippen LogP contribution is 2.35. The van der Waals surface area contributed by atoms with Crippen LogP contribution in [0.3, 0.4) is 0 Å². The lowest BCUT2D eigenvalue weighted by Crippen LogP contribution is -2.76. The fourth-order valence-corrected chi connectivity index (χ4v) is 3.35. The van der Waals surface area contributed by atoms with Crippen LogP contribution in [0.15, 0.2) is 60.7 Å². The maximum atomic E-state index is 13.8. The lowest BCUT2D eigenvalue weighted by Gasteiger charge is -2.12. The third-order valence-corrected chi connectivity index (χ3v) is 4.87. The molecular formula is C22H17F5N3O+. The summed E-state index contributed by atoms with van der Waals surface area (Å²) in [5.74, 6) is -1.96. The van der Waals surface area contributed by atoms with Crippen molar-refractivity contribution in [3.63, 3.8) is 0 Å². The van der Waals surface area contributed by atoms with Crippen LogP contribution in [0.25, 0.3) is 16.7 Å². The number of fused-ring (bicyclic) bond motifs is 1. The molecule has 31 heavy (non-hydrogen) atoms. The molecule has 0 amide bonds. The molecule has 9 heteroatoms. The van der Waals surface area contributed by atoms with E-state index in [1.807, 2.05) is 0 Å². The lowest BCUT2D eigenvalue weighted by molar-refractivity contribution is -0.589. The van der Waals surface area contributed by atoms with Gasteiger partial charge < -0.3 is 10.1 Å². The molecule has 0 radical (unpaired) electrons. The van der Waals surface area contributed by atoms with Crippen molar-refractivity contribution in [1.29, 1.82) is 0 Å². The molecule has 0 saturated heterocycles. The minimum Gasteiger partial charge on any atom is -0.497 e. The quantitative estimate of drug-likeness (QED) is 0.365. The van der Waals surface area contributed by atoms with Gasteiger partial charge in [-0.1, -0.05) is 6.07 Å². The third kappa shape index (κ3) is 4.09. The molecule has 0 aliphatic rings. The van der Waals surface area contributed by atoms with Crippen LogP contribution < -0.4 is 10.1 Å². The molecular weight excluding hydrogens is 417 g/mol. The van der Waals surface area contributed by atoms with Crippen LogP contribution in [0.2, 0.25) is 0 Å². The van der Waals surface area contributed by atoms with Crippen molar-refractivity contribution in [2.45, 2.75) is 12.7 Å². The molecule has 160 valence electrons. The molecule has 2 N–H and O–H groups in total. The van der Waals surface area contributed by atoms with E-state index in [4.69, 9.17) is 4.74 Å². The van der Waals surface area contributed by atoms with E-state index < -0.39 is 23.6 Å². The number of rotatable bonds is 5. The molecule has 1 heterocycles. The number of halogens is 5. The molecule has 4 aromatic rings. The summed E-state index contributed by atoms with van der Waals surface area (Å²) in [5, 5.41) is 1.60. The molecule has 4 nitrogen and oxygen atoms in total. The van der Waals surface area contributed by atoms with E-state index in [9.17, 15) is 22.0 Å². The highest BCUT2D eigenvalue weighted by molar-refractivity contribution is 5.80. The van der Waals surface area contributed by atoms with E-state index in [-0.39, 0.29) is 28.8 Å². The van der Waals surface area contributed by atoms with Gasteiger partial charge in [-0.2, -0.15) is 13.2 Å². The maximum Gasteiger partial charge on any atom is 0.450 e. The second kappa shape index (κ2) is 7.99. The normalized spacial score (nSPS) is 11.8. The summed E-state index contributed by atoms with van der Waals surface area (Å²) in [6.45, 7) is 0.0133. The van der Waals surface area contributed by atoms with E-state index in [1.54, 1.807) is 23.5 Å². The van der Waals surface area contributed by atoms with Gasteiger partial charge in [0.25, 0.3) is 0 Å². The molecule has 3 aromatic carbocycles. The van der Waals surface area contributed by atoms with E-state index >= 15 is 0 Å². The van der Waals surface area contributed by atoms with Gasteiger partial charge in [-0.15, -0.1) is 0 Å². The van der Waals surface area contributed by atoms with Crippen LogP contribution in [-0.2, 0) is 12.7 Å². The average Bonchev–Trinajstić information content (AvgIpc) is 3.13. The van der Waals surface area contributed by atoms with Crippen LogP contribution in [-0.4, -0.2) is 16.7 Å². The van der Waals surface area contributed by atoms with E-state index in [0.717, 1.165) is 4.57 Å². The van der Waals surface area contributed by atoms with E-state index in [2.05, 4.69) is 4.98 Å². The van der Waals surface area contributed by atoms with Gasteiger partial charge in [0.2, 0.25) is 5.82 Å².